The minimum Gasteiger partial charge on any atom is -0.273 e. The Hall–Kier alpha value is -2.24. The topological polar surface area (TPSA) is 72.2 Å². The predicted octanol–water partition coefficient (Wildman–Crippen LogP) is 2.50. The van der Waals surface area contributed by atoms with Gasteiger partial charge in [-0.25, -0.2) is 10.1 Å². The van der Waals surface area contributed by atoms with Crippen LogP contribution in [-0.4, -0.2) is 26.6 Å². The van der Waals surface area contributed by atoms with Crippen LogP contribution in [0.25, 0.3) is 11.0 Å². The Morgan fingerprint density at radius 1 is 1.41 bits per heavy atom. The van der Waals surface area contributed by atoms with Crippen LogP contribution in [0.5, 0.6) is 0 Å². The third-order valence-corrected chi connectivity index (χ3v) is 4.18. The van der Waals surface area contributed by atoms with Gasteiger partial charge in [-0.3, -0.25) is 4.79 Å². The van der Waals surface area contributed by atoms with E-state index in [-0.39, 0.29) is 5.91 Å². The molecule has 3 rings (SSSR count). The molecule has 1 aliphatic rings. The lowest BCUT2D eigenvalue weighted by atomic mass is 9.89. The van der Waals surface area contributed by atoms with E-state index in [1.165, 1.54) is 19.3 Å². The smallest absolute Gasteiger partial charge is 0.241 e. The molecule has 1 N–H and O–H groups in total. The molecule has 0 bridgehead atoms. The lowest BCUT2D eigenvalue weighted by molar-refractivity contribution is -0.121. The van der Waals surface area contributed by atoms with Gasteiger partial charge in [-0.05, 0) is 37.3 Å². The molecule has 1 fully saturated rings. The molecule has 1 atom stereocenters. The highest BCUT2D eigenvalue weighted by molar-refractivity contribution is 5.88. The van der Waals surface area contributed by atoms with Gasteiger partial charge in [0.05, 0.1) is 12.1 Å². The van der Waals surface area contributed by atoms with Gasteiger partial charge in [0, 0.05) is 12.1 Å². The van der Waals surface area contributed by atoms with Crippen molar-refractivity contribution >= 4 is 22.7 Å². The molecule has 0 radical (unpaired) electrons. The van der Waals surface area contributed by atoms with Gasteiger partial charge in [0.2, 0.25) is 5.91 Å². The predicted molar refractivity (Wildman–Crippen MR) is 85.4 cm³/mol. The number of aryl methyl sites for hydroxylation is 1. The second-order valence-electron chi connectivity index (χ2n) is 5.84. The number of hydrogen-bond donors (Lipinski definition) is 1. The van der Waals surface area contributed by atoms with Crippen LogP contribution in [0.4, 0.5) is 0 Å². The maximum atomic E-state index is 11.9. The second-order valence-corrected chi connectivity index (χ2v) is 5.84. The average molecular weight is 299 g/mol. The van der Waals surface area contributed by atoms with Gasteiger partial charge in [0.1, 0.15) is 5.52 Å². The van der Waals surface area contributed by atoms with E-state index in [1.54, 1.807) is 4.68 Å². The Morgan fingerprint density at radius 3 is 3.14 bits per heavy atom. The van der Waals surface area contributed by atoms with Crippen LogP contribution in [0.1, 0.15) is 39.0 Å². The highest BCUT2D eigenvalue weighted by Crippen LogP contribution is 2.20. The molecule has 1 aromatic carbocycles. The lowest BCUT2D eigenvalue weighted by Gasteiger charge is -2.19. The van der Waals surface area contributed by atoms with Crippen LogP contribution in [0.15, 0.2) is 29.4 Å². The summed E-state index contributed by atoms with van der Waals surface area (Å²) in [4.78, 5) is 11.9. The van der Waals surface area contributed by atoms with Crippen LogP contribution in [-0.2, 0) is 11.3 Å². The lowest BCUT2D eigenvalue weighted by Crippen LogP contribution is -2.25. The van der Waals surface area contributed by atoms with Crippen molar-refractivity contribution in [2.75, 3.05) is 0 Å². The van der Waals surface area contributed by atoms with Gasteiger partial charge in [-0.2, -0.15) is 5.10 Å². The Morgan fingerprint density at radius 2 is 2.27 bits per heavy atom. The summed E-state index contributed by atoms with van der Waals surface area (Å²) in [6, 6.07) is 7.74. The summed E-state index contributed by atoms with van der Waals surface area (Å²) in [6.07, 6.45) is 4.94. The molecule has 0 spiro atoms. The normalized spacial score (nSPS) is 20.4. The van der Waals surface area contributed by atoms with Crippen LogP contribution >= 0.6 is 0 Å². The number of carbonyl (C=O) groups excluding carboxylic acids is 1. The van der Waals surface area contributed by atoms with Crippen molar-refractivity contribution < 1.29 is 4.79 Å². The zero-order valence-corrected chi connectivity index (χ0v) is 12.8. The van der Waals surface area contributed by atoms with Crippen LogP contribution in [0, 0.1) is 5.92 Å². The molecule has 2 aromatic rings. The number of aromatic nitrogens is 3. The van der Waals surface area contributed by atoms with Crippen molar-refractivity contribution in [3.63, 3.8) is 0 Å². The Labute approximate surface area is 129 Å². The molecule has 6 nitrogen and oxygen atoms in total. The number of nitrogens with one attached hydrogen (secondary N) is 1. The molecular weight excluding hydrogens is 278 g/mol. The molecule has 1 amide bonds. The number of fused-ring (bicyclic) bond motifs is 1. The fourth-order valence-electron chi connectivity index (χ4n) is 2.82. The number of rotatable bonds is 4. The van der Waals surface area contributed by atoms with E-state index in [4.69, 9.17) is 0 Å². The zero-order valence-electron chi connectivity index (χ0n) is 12.8. The van der Waals surface area contributed by atoms with Crippen molar-refractivity contribution in [1.29, 1.82) is 0 Å². The number of carbonyl (C=O) groups is 1. The summed E-state index contributed by atoms with van der Waals surface area (Å²) < 4.78 is 1.76. The molecule has 1 unspecified atom stereocenters. The van der Waals surface area contributed by atoms with Crippen molar-refractivity contribution in [2.24, 2.45) is 11.0 Å². The molecule has 1 aliphatic carbocycles. The van der Waals surface area contributed by atoms with Crippen molar-refractivity contribution in [3.05, 3.63) is 24.3 Å². The first-order chi connectivity index (χ1) is 10.7. The van der Waals surface area contributed by atoms with E-state index in [0.29, 0.717) is 18.9 Å². The van der Waals surface area contributed by atoms with Crippen molar-refractivity contribution in [3.8, 4) is 0 Å². The van der Waals surface area contributed by atoms with Crippen LogP contribution < -0.4 is 5.43 Å². The fourth-order valence-corrected chi connectivity index (χ4v) is 2.82. The summed E-state index contributed by atoms with van der Waals surface area (Å²) in [5.74, 6) is 0.401. The van der Waals surface area contributed by atoms with Gasteiger partial charge in [-0.1, -0.05) is 30.7 Å². The molecular formula is C16H21N5O. The molecule has 0 aliphatic heterocycles. The van der Waals surface area contributed by atoms with E-state index >= 15 is 0 Å². The van der Waals surface area contributed by atoms with Gasteiger partial charge in [0.25, 0.3) is 0 Å². The minimum atomic E-state index is -0.0788. The first-order valence-electron chi connectivity index (χ1n) is 7.87. The van der Waals surface area contributed by atoms with E-state index in [2.05, 4.69) is 27.8 Å². The molecule has 1 saturated carbocycles. The van der Waals surface area contributed by atoms with Gasteiger partial charge >= 0.3 is 0 Å². The maximum absolute atomic E-state index is 11.9. The van der Waals surface area contributed by atoms with Gasteiger partial charge in [-0.15, -0.1) is 5.10 Å². The SMILES string of the molecule is CC1CCCC/C1=N\NC(=O)CCn1nnc2ccccc21. The van der Waals surface area contributed by atoms with Crippen LogP contribution in [0.2, 0.25) is 0 Å². The summed E-state index contributed by atoms with van der Waals surface area (Å²) >= 11 is 0. The highest BCUT2D eigenvalue weighted by atomic mass is 16.2. The highest BCUT2D eigenvalue weighted by Gasteiger charge is 2.16. The quantitative estimate of drug-likeness (QED) is 0.882. The van der Waals surface area contributed by atoms with E-state index < -0.39 is 0 Å². The minimum absolute atomic E-state index is 0.0788. The van der Waals surface area contributed by atoms with E-state index in [1.807, 2.05) is 24.3 Å². The Balaban J connectivity index is 1.55. The fraction of sp³-hybridized carbons (Fsp3) is 0.500. The van der Waals surface area contributed by atoms with E-state index in [9.17, 15) is 4.79 Å². The Kier molecular flexibility index (Phi) is 4.46. The summed E-state index contributed by atoms with van der Waals surface area (Å²) in [6.45, 7) is 2.68. The number of benzene rings is 1. The van der Waals surface area contributed by atoms with Gasteiger partial charge in [0.15, 0.2) is 0 Å². The Bertz CT molecular complexity index is 691. The number of amides is 1. The molecule has 1 aromatic heterocycles. The van der Waals surface area contributed by atoms with E-state index in [0.717, 1.165) is 23.2 Å². The van der Waals surface area contributed by atoms with Crippen molar-refractivity contribution in [1.82, 2.24) is 20.4 Å². The first kappa shape index (κ1) is 14.7. The molecule has 6 heteroatoms. The maximum Gasteiger partial charge on any atom is 0.241 e. The third kappa shape index (κ3) is 3.32. The number of nitrogens with zero attached hydrogens (tertiary/aromatic N) is 4. The zero-order chi connectivity index (χ0) is 15.4. The largest absolute Gasteiger partial charge is 0.273 e. The molecule has 116 valence electrons. The summed E-state index contributed by atoms with van der Waals surface area (Å²) in [5, 5.41) is 12.5. The first-order valence-corrected chi connectivity index (χ1v) is 7.87. The van der Waals surface area contributed by atoms with Crippen molar-refractivity contribution in [2.45, 2.75) is 45.6 Å². The number of hydrogen-bond acceptors (Lipinski definition) is 4. The summed E-state index contributed by atoms with van der Waals surface area (Å²) in [7, 11) is 0. The monoisotopic (exact) mass is 299 g/mol. The molecule has 22 heavy (non-hydrogen) atoms. The molecule has 0 saturated heterocycles. The summed E-state index contributed by atoms with van der Waals surface area (Å²) in [5.41, 5.74) is 5.59. The van der Waals surface area contributed by atoms with Gasteiger partial charge < -0.3 is 0 Å². The standard InChI is InChI=1S/C16H21N5O/c1-12-6-2-3-7-13(12)17-19-16(22)10-11-21-15-9-5-4-8-14(15)18-20-21/h4-5,8-9,12H,2-3,6-7,10-11H2,1H3,(H,19,22)/b17-13+. The second kappa shape index (κ2) is 6.68. The van der Waals surface area contributed by atoms with Crippen LogP contribution in [0.3, 0.4) is 0 Å². The molecule has 1 heterocycles. The third-order valence-electron chi connectivity index (χ3n) is 4.18. The number of para-hydroxylation sites is 1. The number of hydrazone groups is 1. The average Bonchev–Trinajstić information content (AvgIpc) is 2.95.